The van der Waals surface area contributed by atoms with Gasteiger partial charge in [-0.25, -0.2) is 4.79 Å². The van der Waals surface area contributed by atoms with Gasteiger partial charge in [0.05, 0.1) is 17.8 Å². The molecule has 1 aromatic heterocycles. The summed E-state index contributed by atoms with van der Waals surface area (Å²) in [4.78, 5) is 14.1. The fourth-order valence-corrected chi connectivity index (χ4v) is 2.95. The van der Waals surface area contributed by atoms with Gasteiger partial charge in [-0.1, -0.05) is 6.42 Å². The standard InChI is InChI=1S/C12H18N2O2S/c1-14(7-8-4-3-5-8)10-6-9(13)11(17-10)12(15)16-2/h6,8H,3-5,7,13H2,1-2H3. The third-order valence-corrected chi connectivity index (χ3v) is 4.50. The monoisotopic (exact) mass is 254 g/mol. The number of methoxy groups -OCH3 is 1. The van der Waals surface area contributed by atoms with Crippen molar-refractivity contribution in [2.75, 3.05) is 31.3 Å². The lowest BCUT2D eigenvalue weighted by molar-refractivity contribution is 0.0607. The Bertz CT molecular complexity index is 413. The average molecular weight is 254 g/mol. The van der Waals surface area contributed by atoms with Crippen LogP contribution in [0.4, 0.5) is 10.7 Å². The van der Waals surface area contributed by atoms with Crippen LogP contribution in [0.3, 0.4) is 0 Å². The van der Waals surface area contributed by atoms with Crippen molar-refractivity contribution in [2.24, 2.45) is 5.92 Å². The van der Waals surface area contributed by atoms with Crippen molar-refractivity contribution in [3.63, 3.8) is 0 Å². The van der Waals surface area contributed by atoms with Gasteiger partial charge in [-0.3, -0.25) is 0 Å². The Balaban J connectivity index is 2.07. The lowest BCUT2D eigenvalue weighted by atomic mass is 9.85. The van der Waals surface area contributed by atoms with E-state index in [-0.39, 0.29) is 5.97 Å². The van der Waals surface area contributed by atoms with Gasteiger partial charge in [0.25, 0.3) is 0 Å². The molecule has 0 aliphatic heterocycles. The van der Waals surface area contributed by atoms with Crippen molar-refractivity contribution in [3.8, 4) is 0 Å². The molecule has 0 radical (unpaired) electrons. The fourth-order valence-electron chi connectivity index (χ4n) is 1.98. The maximum atomic E-state index is 11.4. The molecule has 1 aliphatic carbocycles. The van der Waals surface area contributed by atoms with Crippen LogP contribution in [0.1, 0.15) is 28.9 Å². The van der Waals surface area contributed by atoms with Crippen LogP contribution in [0.15, 0.2) is 6.07 Å². The van der Waals surface area contributed by atoms with Gasteiger partial charge in [-0.15, -0.1) is 11.3 Å². The largest absolute Gasteiger partial charge is 0.465 e. The molecule has 0 spiro atoms. The van der Waals surface area contributed by atoms with Gasteiger partial charge >= 0.3 is 5.97 Å². The Morgan fingerprint density at radius 1 is 1.65 bits per heavy atom. The summed E-state index contributed by atoms with van der Waals surface area (Å²) in [6.45, 7) is 1.04. The molecular formula is C12H18N2O2S. The molecule has 0 amide bonds. The first kappa shape index (κ1) is 12.2. The molecule has 2 N–H and O–H groups in total. The number of hydrogen-bond donors (Lipinski definition) is 1. The predicted molar refractivity (Wildman–Crippen MR) is 70.7 cm³/mol. The number of rotatable bonds is 4. The lowest BCUT2D eigenvalue weighted by Crippen LogP contribution is -2.28. The zero-order chi connectivity index (χ0) is 12.4. The smallest absolute Gasteiger partial charge is 0.350 e. The zero-order valence-corrected chi connectivity index (χ0v) is 11.0. The summed E-state index contributed by atoms with van der Waals surface area (Å²) < 4.78 is 4.70. The number of ether oxygens (including phenoxy) is 1. The highest BCUT2D eigenvalue weighted by Gasteiger charge is 2.21. The Morgan fingerprint density at radius 2 is 2.35 bits per heavy atom. The minimum atomic E-state index is -0.351. The van der Waals surface area contributed by atoms with Gasteiger partial charge in [-0.2, -0.15) is 0 Å². The van der Waals surface area contributed by atoms with Crippen molar-refractivity contribution in [2.45, 2.75) is 19.3 Å². The minimum absolute atomic E-state index is 0.351. The molecule has 1 heterocycles. The van der Waals surface area contributed by atoms with Crippen LogP contribution < -0.4 is 10.6 Å². The molecule has 0 unspecified atom stereocenters. The third kappa shape index (κ3) is 2.54. The number of carbonyl (C=O) groups is 1. The average Bonchev–Trinajstić information content (AvgIpc) is 2.64. The molecule has 0 atom stereocenters. The van der Waals surface area contributed by atoms with E-state index in [1.807, 2.05) is 13.1 Å². The summed E-state index contributed by atoms with van der Waals surface area (Å²) in [5.41, 5.74) is 6.33. The molecule has 1 aromatic rings. The summed E-state index contributed by atoms with van der Waals surface area (Å²) in [6.07, 6.45) is 3.97. The van der Waals surface area contributed by atoms with E-state index in [1.54, 1.807) is 0 Å². The van der Waals surface area contributed by atoms with E-state index in [2.05, 4.69) is 4.90 Å². The maximum absolute atomic E-state index is 11.4. The van der Waals surface area contributed by atoms with E-state index in [0.717, 1.165) is 17.5 Å². The zero-order valence-electron chi connectivity index (χ0n) is 10.2. The van der Waals surface area contributed by atoms with Gasteiger partial charge in [-0.05, 0) is 24.8 Å². The van der Waals surface area contributed by atoms with Crippen LogP contribution in [0.2, 0.25) is 0 Å². The van der Waals surface area contributed by atoms with Crippen molar-refractivity contribution in [3.05, 3.63) is 10.9 Å². The quantitative estimate of drug-likeness (QED) is 0.838. The Kier molecular flexibility index (Phi) is 3.57. The Morgan fingerprint density at radius 3 is 2.88 bits per heavy atom. The van der Waals surface area contributed by atoms with Gasteiger partial charge in [0.2, 0.25) is 0 Å². The molecule has 94 valence electrons. The van der Waals surface area contributed by atoms with Crippen molar-refractivity contribution in [1.29, 1.82) is 0 Å². The van der Waals surface area contributed by atoms with E-state index in [0.29, 0.717) is 10.6 Å². The maximum Gasteiger partial charge on any atom is 0.350 e. The summed E-state index contributed by atoms with van der Waals surface area (Å²) in [6, 6.07) is 1.86. The normalized spacial score (nSPS) is 15.4. The van der Waals surface area contributed by atoms with Crippen LogP contribution >= 0.6 is 11.3 Å². The van der Waals surface area contributed by atoms with E-state index in [1.165, 1.54) is 37.7 Å². The third-order valence-electron chi connectivity index (χ3n) is 3.25. The second kappa shape index (κ2) is 4.96. The molecule has 0 bridgehead atoms. The summed E-state index contributed by atoms with van der Waals surface area (Å²) in [5, 5.41) is 1.04. The van der Waals surface area contributed by atoms with Crippen molar-refractivity contribution in [1.82, 2.24) is 0 Å². The first-order valence-electron chi connectivity index (χ1n) is 5.80. The second-order valence-electron chi connectivity index (χ2n) is 4.54. The lowest BCUT2D eigenvalue weighted by Gasteiger charge is -2.30. The van der Waals surface area contributed by atoms with Crippen LogP contribution in [0.25, 0.3) is 0 Å². The molecule has 1 aliphatic rings. The summed E-state index contributed by atoms with van der Waals surface area (Å²) in [7, 11) is 3.42. The fraction of sp³-hybridized carbons (Fsp3) is 0.583. The van der Waals surface area contributed by atoms with Gasteiger partial charge in [0.1, 0.15) is 4.88 Å². The van der Waals surface area contributed by atoms with E-state index >= 15 is 0 Å². The highest BCUT2D eigenvalue weighted by Crippen LogP contribution is 2.34. The van der Waals surface area contributed by atoms with E-state index in [9.17, 15) is 4.79 Å². The molecule has 1 saturated carbocycles. The Hall–Kier alpha value is -1.23. The molecular weight excluding hydrogens is 236 g/mol. The number of thiophene rings is 1. The van der Waals surface area contributed by atoms with Gasteiger partial charge in [0, 0.05) is 13.6 Å². The van der Waals surface area contributed by atoms with E-state index < -0.39 is 0 Å². The van der Waals surface area contributed by atoms with Crippen LogP contribution in [0.5, 0.6) is 0 Å². The van der Waals surface area contributed by atoms with Gasteiger partial charge in [0.15, 0.2) is 0 Å². The SMILES string of the molecule is COC(=O)c1sc(N(C)CC2CCC2)cc1N. The topological polar surface area (TPSA) is 55.6 Å². The number of anilines is 2. The molecule has 17 heavy (non-hydrogen) atoms. The van der Waals surface area contributed by atoms with Crippen molar-refractivity contribution < 1.29 is 9.53 Å². The molecule has 5 heteroatoms. The predicted octanol–water partition coefficient (Wildman–Crippen LogP) is 2.35. The summed E-state index contributed by atoms with van der Waals surface area (Å²) >= 11 is 1.40. The molecule has 4 nitrogen and oxygen atoms in total. The Labute approximate surface area is 105 Å². The highest BCUT2D eigenvalue weighted by molar-refractivity contribution is 7.18. The van der Waals surface area contributed by atoms with Crippen LogP contribution in [-0.2, 0) is 4.74 Å². The van der Waals surface area contributed by atoms with Gasteiger partial charge < -0.3 is 15.4 Å². The first-order chi connectivity index (χ1) is 8.11. The molecule has 0 saturated heterocycles. The number of nitrogens with zero attached hydrogens (tertiary/aromatic N) is 1. The molecule has 0 aromatic carbocycles. The molecule has 1 fully saturated rings. The number of carbonyl (C=O) groups excluding carboxylic acids is 1. The number of nitrogens with two attached hydrogens (primary N) is 1. The summed E-state index contributed by atoms with van der Waals surface area (Å²) in [5.74, 6) is 0.445. The number of nitrogen functional groups attached to an aromatic ring is 1. The first-order valence-corrected chi connectivity index (χ1v) is 6.62. The second-order valence-corrected chi connectivity index (χ2v) is 5.57. The van der Waals surface area contributed by atoms with Crippen molar-refractivity contribution >= 4 is 28.0 Å². The van der Waals surface area contributed by atoms with E-state index in [4.69, 9.17) is 10.5 Å². The number of hydrogen-bond acceptors (Lipinski definition) is 5. The number of esters is 1. The molecule has 2 rings (SSSR count). The highest BCUT2D eigenvalue weighted by atomic mass is 32.1. The van der Waals surface area contributed by atoms with Crippen LogP contribution in [-0.4, -0.2) is 26.7 Å². The van der Waals surface area contributed by atoms with Crippen LogP contribution in [0, 0.1) is 5.92 Å². The minimum Gasteiger partial charge on any atom is -0.465 e.